The second kappa shape index (κ2) is 9.41. The van der Waals surface area contributed by atoms with Gasteiger partial charge in [0.05, 0.1) is 19.6 Å². The molecule has 0 aliphatic carbocycles. The minimum Gasteiger partial charge on any atom is -0.493 e. The van der Waals surface area contributed by atoms with Crippen LogP contribution < -0.4 is 9.47 Å². The first-order chi connectivity index (χ1) is 14.7. The molecule has 1 aliphatic rings. The van der Waals surface area contributed by atoms with Crippen molar-refractivity contribution in [3.8, 4) is 11.5 Å². The molecular weight excluding hydrogens is 387 g/mol. The van der Waals surface area contributed by atoms with Crippen molar-refractivity contribution in [1.82, 2.24) is 0 Å². The van der Waals surface area contributed by atoms with Crippen molar-refractivity contribution in [3.63, 3.8) is 0 Å². The Bertz CT molecular complexity index is 991. The summed E-state index contributed by atoms with van der Waals surface area (Å²) < 4.78 is 36.5. The Morgan fingerprint density at radius 1 is 1.03 bits per heavy atom. The van der Waals surface area contributed by atoms with E-state index in [2.05, 4.69) is 0 Å². The number of carbonyl (C=O) groups is 1. The van der Waals surface area contributed by atoms with Crippen LogP contribution in [0.1, 0.15) is 29.4 Å². The molecular formula is C24H21FO5. The second-order valence-corrected chi connectivity index (χ2v) is 6.80. The number of carbonyl (C=O) groups excluding carboxylic acids is 1. The number of para-hydroxylation sites is 1. The van der Waals surface area contributed by atoms with Gasteiger partial charge >= 0.3 is 5.97 Å². The van der Waals surface area contributed by atoms with Crippen molar-refractivity contribution in [2.75, 3.05) is 6.61 Å². The van der Waals surface area contributed by atoms with E-state index in [1.165, 1.54) is 12.1 Å². The summed E-state index contributed by atoms with van der Waals surface area (Å²) in [5.41, 5.74) is 1.90. The fourth-order valence-corrected chi connectivity index (χ4v) is 3.16. The molecule has 0 saturated heterocycles. The molecule has 0 N–H and O–H groups in total. The van der Waals surface area contributed by atoms with Gasteiger partial charge in [0.2, 0.25) is 6.29 Å². The predicted molar refractivity (Wildman–Crippen MR) is 107 cm³/mol. The summed E-state index contributed by atoms with van der Waals surface area (Å²) in [5, 5.41) is 0. The summed E-state index contributed by atoms with van der Waals surface area (Å²) in [5.74, 6) is 0.308. The lowest BCUT2D eigenvalue weighted by Crippen LogP contribution is -2.20. The van der Waals surface area contributed by atoms with Crippen LogP contribution in [0.2, 0.25) is 0 Å². The van der Waals surface area contributed by atoms with Gasteiger partial charge in [0.15, 0.2) is 0 Å². The van der Waals surface area contributed by atoms with Crippen molar-refractivity contribution in [3.05, 3.63) is 95.3 Å². The maximum Gasteiger partial charge on any atom is 0.309 e. The first-order valence-electron chi connectivity index (χ1n) is 9.67. The van der Waals surface area contributed by atoms with E-state index < -0.39 is 18.1 Å². The summed E-state index contributed by atoms with van der Waals surface area (Å²) in [4.78, 5) is 12.1. The topological polar surface area (TPSA) is 54.0 Å². The quantitative estimate of drug-likeness (QED) is 0.518. The first-order valence-corrected chi connectivity index (χ1v) is 9.67. The van der Waals surface area contributed by atoms with E-state index in [-0.39, 0.29) is 26.2 Å². The van der Waals surface area contributed by atoms with Gasteiger partial charge < -0.3 is 18.9 Å². The average molecular weight is 408 g/mol. The predicted octanol–water partition coefficient (Wildman–Crippen LogP) is 4.95. The standard InChI is InChI=1S/C24H21FO5/c25-20-13-18(15-28-22(26)11-12-27-21-9-5-2-6-10-21)23-19(14-20)16-29-24(30-23)17-7-3-1-4-8-17/h1-10,13-14,24H,11-12,15-16H2/t24-/m0/s1. The van der Waals surface area contributed by atoms with E-state index in [1.54, 1.807) is 0 Å². The van der Waals surface area contributed by atoms with Crippen LogP contribution in [0.3, 0.4) is 0 Å². The van der Waals surface area contributed by atoms with E-state index in [4.69, 9.17) is 18.9 Å². The molecule has 3 aromatic rings. The van der Waals surface area contributed by atoms with Crippen molar-refractivity contribution in [2.24, 2.45) is 0 Å². The molecule has 5 nitrogen and oxygen atoms in total. The van der Waals surface area contributed by atoms with Gasteiger partial charge in [-0.1, -0.05) is 48.5 Å². The molecule has 0 aromatic heterocycles. The molecule has 0 amide bonds. The number of esters is 1. The van der Waals surface area contributed by atoms with Crippen LogP contribution in [-0.2, 0) is 27.5 Å². The van der Waals surface area contributed by atoms with Crippen LogP contribution >= 0.6 is 0 Å². The van der Waals surface area contributed by atoms with Gasteiger partial charge in [0, 0.05) is 16.7 Å². The zero-order chi connectivity index (χ0) is 20.8. The zero-order valence-electron chi connectivity index (χ0n) is 16.3. The van der Waals surface area contributed by atoms with E-state index >= 15 is 0 Å². The number of ether oxygens (including phenoxy) is 4. The van der Waals surface area contributed by atoms with Gasteiger partial charge in [-0.05, 0) is 24.3 Å². The van der Waals surface area contributed by atoms with E-state index in [1.807, 2.05) is 60.7 Å². The number of hydrogen-bond acceptors (Lipinski definition) is 5. The lowest BCUT2D eigenvalue weighted by molar-refractivity contribution is -0.145. The minimum atomic E-state index is -0.599. The van der Waals surface area contributed by atoms with Crippen molar-refractivity contribution in [1.29, 1.82) is 0 Å². The first kappa shape index (κ1) is 19.9. The highest BCUT2D eigenvalue weighted by molar-refractivity contribution is 5.69. The Labute approximate surface area is 174 Å². The van der Waals surface area contributed by atoms with Crippen LogP contribution in [0.15, 0.2) is 72.8 Å². The van der Waals surface area contributed by atoms with Gasteiger partial charge in [-0.25, -0.2) is 4.39 Å². The number of benzene rings is 3. The second-order valence-electron chi connectivity index (χ2n) is 6.80. The minimum absolute atomic E-state index is 0.0863. The number of hydrogen-bond donors (Lipinski definition) is 0. The average Bonchev–Trinajstić information content (AvgIpc) is 2.78. The lowest BCUT2D eigenvalue weighted by Gasteiger charge is -2.28. The monoisotopic (exact) mass is 408 g/mol. The van der Waals surface area contributed by atoms with Crippen LogP contribution in [0.5, 0.6) is 11.5 Å². The zero-order valence-corrected chi connectivity index (χ0v) is 16.3. The molecule has 1 atom stereocenters. The summed E-state index contributed by atoms with van der Waals surface area (Å²) in [7, 11) is 0. The number of fused-ring (bicyclic) bond motifs is 1. The van der Waals surface area contributed by atoms with Crippen LogP contribution in [0, 0.1) is 5.82 Å². The molecule has 154 valence electrons. The maximum absolute atomic E-state index is 14.0. The maximum atomic E-state index is 14.0. The number of rotatable bonds is 7. The fraction of sp³-hybridized carbons (Fsp3) is 0.208. The van der Waals surface area contributed by atoms with Gasteiger partial charge in [0.25, 0.3) is 0 Å². The third kappa shape index (κ3) is 4.96. The van der Waals surface area contributed by atoms with Gasteiger partial charge in [0.1, 0.15) is 23.9 Å². The summed E-state index contributed by atoms with van der Waals surface area (Å²) in [6.07, 6.45) is -0.513. The van der Waals surface area contributed by atoms with Crippen LogP contribution in [0.25, 0.3) is 0 Å². The van der Waals surface area contributed by atoms with Crippen LogP contribution in [0.4, 0.5) is 4.39 Å². The normalized spacial score (nSPS) is 15.0. The lowest BCUT2D eigenvalue weighted by atomic mass is 10.1. The molecule has 3 aromatic carbocycles. The van der Waals surface area contributed by atoms with Crippen LogP contribution in [-0.4, -0.2) is 12.6 Å². The van der Waals surface area contributed by atoms with Crippen molar-refractivity contribution < 1.29 is 28.1 Å². The molecule has 0 radical (unpaired) electrons. The highest BCUT2D eigenvalue weighted by Gasteiger charge is 2.25. The van der Waals surface area contributed by atoms with Gasteiger partial charge in [-0.15, -0.1) is 0 Å². The van der Waals surface area contributed by atoms with Crippen molar-refractivity contribution in [2.45, 2.75) is 25.9 Å². The SMILES string of the molecule is O=C(CCOc1ccccc1)OCc1cc(F)cc2c1O[C@@H](c1ccccc1)OC2. The summed E-state index contributed by atoms with van der Waals surface area (Å²) in [6, 6.07) is 21.4. The van der Waals surface area contributed by atoms with E-state index in [9.17, 15) is 9.18 Å². The molecule has 4 rings (SSSR count). The van der Waals surface area contributed by atoms with E-state index in [0.29, 0.717) is 22.6 Å². The highest BCUT2D eigenvalue weighted by atomic mass is 19.1. The smallest absolute Gasteiger partial charge is 0.309 e. The summed E-state index contributed by atoms with van der Waals surface area (Å²) in [6.45, 7) is 0.314. The Balaban J connectivity index is 1.37. The summed E-state index contributed by atoms with van der Waals surface area (Å²) >= 11 is 0. The van der Waals surface area contributed by atoms with Crippen molar-refractivity contribution >= 4 is 5.97 Å². The Morgan fingerprint density at radius 2 is 1.77 bits per heavy atom. The Morgan fingerprint density at radius 3 is 2.53 bits per heavy atom. The van der Waals surface area contributed by atoms with E-state index in [0.717, 1.165) is 5.56 Å². The largest absolute Gasteiger partial charge is 0.493 e. The molecule has 0 fully saturated rings. The molecule has 6 heteroatoms. The molecule has 1 aliphatic heterocycles. The highest BCUT2D eigenvalue weighted by Crippen LogP contribution is 2.36. The third-order valence-corrected chi connectivity index (χ3v) is 4.60. The van der Waals surface area contributed by atoms with Gasteiger partial charge in [-0.2, -0.15) is 0 Å². The molecule has 1 heterocycles. The molecule has 0 saturated carbocycles. The molecule has 0 bridgehead atoms. The Kier molecular flexibility index (Phi) is 6.25. The van der Waals surface area contributed by atoms with Gasteiger partial charge in [-0.3, -0.25) is 4.79 Å². The fourth-order valence-electron chi connectivity index (χ4n) is 3.16. The third-order valence-electron chi connectivity index (χ3n) is 4.60. The number of halogens is 1. The molecule has 0 spiro atoms. The molecule has 30 heavy (non-hydrogen) atoms. The molecule has 0 unspecified atom stereocenters. The Hall–Kier alpha value is -3.38.